The van der Waals surface area contributed by atoms with Gasteiger partial charge in [0.25, 0.3) is 5.91 Å². The molecule has 0 saturated heterocycles. The van der Waals surface area contributed by atoms with E-state index in [1.54, 1.807) is 0 Å². The van der Waals surface area contributed by atoms with Crippen molar-refractivity contribution in [1.82, 2.24) is 10.3 Å². The lowest BCUT2D eigenvalue weighted by Crippen LogP contribution is -2.42. The topological polar surface area (TPSA) is 74.2 Å². The van der Waals surface area contributed by atoms with Gasteiger partial charge < -0.3 is 15.7 Å². The number of halogens is 3. The van der Waals surface area contributed by atoms with Gasteiger partial charge in [0.1, 0.15) is 17.5 Å². The zero-order valence-corrected chi connectivity index (χ0v) is 15.1. The third kappa shape index (κ3) is 5.78. The van der Waals surface area contributed by atoms with Crippen molar-refractivity contribution < 1.29 is 18.7 Å². The Balaban J connectivity index is 2.08. The number of amides is 1. The van der Waals surface area contributed by atoms with Gasteiger partial charge in [-0.2, -0.15) is 0 Å². The number of nitrogens with zero attached hydrogens (tertiary/aromatic N) is 1. The summed E-state index contributed by atoms with van der Waals surface area (Å²) >= 11 is 5.91. The Hall–Kier alpha value is -1.47. The molecule has 0 spiro atoms. The summed E-state index contributed by atoms with van der Waals surface area (Å²) in [7, 11) is 0. The first-order valence-electron chi connectivity index (χ1n) is 8.37. The van der Waals surface area contributed by atoms with E-state index in [4.69, 9.17) is 11.6 Å². The van der Waals surface area contributed by atoms with E-state index in [2.05, 4.69) is 15.6 Å². The van der Waals surface area contributed by atoms with Crippen molar-refractivity contribution in [3.05, 3.63) is 23.0 Å². The van der Waals surface area contributed by atoms with Gasteiger partial charge in [-0.1, -0.05) is 11.6 Å². The molecule has 1 heterocycles. The summed E-state index contributed by atoms with van der Waals surface area (Å²) in [5.74, 6) is -0.536. The molecule has 0 aromatic carbocycles. The minimum atomic E-state index is -1.61. The Morgan fingerprint density at radius 1 is 1.52 bits per heavy atom. The number of anilines is 1. The Morgan fingerprint density at radius 3 is 2.88 bits per heavy atom. The molecule has 1 saturated carbocycles. The second-order valence-electron chi connectivity index (χ2n) is 6.99. The van der Waals surface area contributed by atoms with E-state index in [-0.39, 0.29) is 23.3 Å². The molecule has 140 valence electrons. The van der Waals surface area contributed by atoms with Gasteiger partial charge in [-0.3, -0.25) is 4.79 Å². The third-order valence-corrected chi connectivity index (χ3v) is 4.50. The lowest BCUT2D eigenvalue weighted by Gasteiger charge is -2.27. The molecule has 1 fully saturated rings. The van der Waals surface area contributed by atoms with E-state index in [0.29, 0.717) is 18.5 Å². The fraction of sp³-hybridized carbons (Fsp3) is 0.647. The Labute approximate surface area is 151 Å². The lowest BCUT2D eigenvalue weighted by atomic mass is 9.93. The summed E-state index contributed by atoms with van der Waals surface area (Å²) in [4.78, 5) is 16.2. The van der Waals surface area contributed by atoms with Gasteiger partial charge >= 0.3 is 0 Å². The largest absolute Gasteiger partial charge is 0.387 e. The van der Waals surface area contributed by atoms with E-state index in [9.17, 15) is 18.7 Å². The van der Waals surface area contributed by atoms with Gasteiger partial charge in [-0.25, -0.2) is 13.8 Å². The number of nitrogens with one attached hydrogen (secondary N) is 2. The fourth-order valence-corrected chi connectivity index (χ4v) is 2.90. The Bertz CT molecular complexity index is 610. The smallest absolute Gasteiger partial charge is 0.255 e. The first kappa shape index (κ1) is 19.8. The molecule has 1 aliphatic carbocycles. The van der Waals surface area contributed by atoms with Crippen LogP contribution in [0.1, 0.15) is 49.9 Å². The monoisotopic (exact) mass is 375 g/mol. The summed E-state index contributed by atoms with van der Waals surface area (Å²) < 4.78 is 27.4. The van der Waals surface area contributed by atoms with Crippen molar-refractivity contribution in [2.24, 2.45) is 0 Å². The molecule has 0 aliphatic heterocycles. The first-order valence-corrected chi connectivity index (χ1v) is 8.75. The lowest BCUT2D eigenvalue weighted by molar-refractivity contribution is -0.00177. The SMILES string of the molecule is CC(C)(O)[C@H](F)CNC(=O)c1cnc(Cl)cc1N[C@H]1CCCC(F)C1. The predicted octanol–water partition coefficient (Wildman–Crippen LogP) is 3.27. The Morgan fingerprint density at radius 2 is 2.24 bits per heavy atom. The summed E-state index contributed by atoms with van der Waals surface area (Å²) in [6, 6.07) is 1.40. The number of alkyl halides is 2. The maximum atomic E-state index is 13.8. The number of rotatable bonds is 6. The molecular formula is C17H24ClF2N3O2. The van der Waals surface area contributed by atoms with Crippen LogP contribution in [0.15, 0.2) is 12.3 Å². The van der Waals surface area contributed by atoms with Gasteiger partial charge in [-0.05, 0) is 45.6 Å². The van der Waals surface area contributed by atoms with Crippen LogP contribution in [0.25, 0.3) is 0 Å². The van der Waals surface area contributed by atoms with Gasteiger partial charge in [0.2, 0.25) is 0 Å². The highest BCUT2D eigenvalue weighted by Gasteiger charge is 2.28. The second kappa shape index (κ2) is 8.27. The highest BCUT2D eigenvalue weighted by Crippen LogP contribution is 2.27. The zero-order valence-electron chi connectivity index (χ0n) is 14.4. The van der Waals surface area contributed by atoms with E-state index in [1.807, 2.05) is 0 Å². The van der Waals surface area contributed by atoms with Crippen molar-refractivity contribution in [2.75, 3.05) is 11.9 Å². The minimum Gasteiger partial charge on any atom is -0.387 e. The van der Waals surface area contributed by atoms with Crippen LogP contribution in [-0.4, -0.2) is 46.5 Å². The van der Waals surface area contributed by atoms with Crippen molar-refractivity contribution in [3.63, 3.8) is 0 Å². The van der Waals surface area contributed by atoms with Crippen LogP contribution in [-0.2, 0) is 0 Å². The molecule has 0 bridgehead atoms. The predicted molar refractivity (Wildman–Crippen MR) is 93.5 cm³/mol. The molecule has 1 amide bonds. The second-order valence-corrected chi connectivity index (χ2v) is 7.38. The standard InChI is InChI=1S/C17H24ClF2N3O2/c1-17(2,25)14(20)9-22-16(24)12-8-21-15(18)7-13(12)23-11-5-3-4-10(19)6-11/h7-8,10-11,14,25H,3-6,9H2,1-2H3,(H,21,23)(H,22,24)/t10?,11-,14+/m0/s1. The van der Waals surface area contributed by atoms with Crippen molar-refractivity contribution in [1.29, 1.82) is 0 Å². The summed E-state index contributed by atoms with van der Waals surface area (Å²) in [6.07, 6.45) is 1.32. The minimum absolute atomic E-state index is 0.0981. The van der Waals surface area contributed by atoms with Crippen molar-refractivity contribution in [3.8, 4) is 0 Å². The average molecular weight is 376 g/mol. The molecule has 0 radical (unpaired) electrons. The zero-order chi connectivity index (χ0) is 18.6. The molecule has 1 aliphatic rings. The summed E-state index contributed by atoms with van der Waals surface area (Å²) in [5.41, 5.74) is -0.909. The average Bonchev–Trinajstić information content (AvgIpc) is 2.51. The maximum absolute atomic E-state index is 13.8. The number of carbonyl (C=O) groups is 1. The molecule has 1 unspecified atom stereocenters. The number of aromatic nitrogens is 1. The Kier molecular flexibility index (Phi) is 6.57. The van der Waals surface area contributed by atoms with Gasteiger partial charge in [0.15, 0.2) is 0 Å². The molecule has 1 aromatic heterocycles. The molecule has 8 heteroatoms. The van der Waals surface area contributed by atoms with E-state index >= 15 is 0 Å². The number of carbonyl (C=O) groups excluding carboxylic acids is 1. The molecule has 3 N–H and O–H groups in total. The quantitative estimate of drug-likeness (QED) is 0.667. The van der Waals surface area contributed by atoms with Crippen LogP contribution in [0.4, 0.5) is 14.5 Å². The summed E-state index contributed by atoms with van der Waals surface area (Å²) in [6.45, 7) is 2.33. The molecular weight excluding hydrogens is 352 g/mol. The van der Waals surface area contributed by atoms with Crippen molar-refractivity contribution in [2.45, 2.75) is 63.5 Å². The first-order chi connectivity index (χ1) is 11.7. The number of hydrogen-bond acceptors (Lipinski definition) is 4. The van der Waals surface area contributed by atoms with Gasteiger partial charge in [0, 0.05) is 12.2 Å². The third-order valence-electron chi connectivity index (χ3n) is 4.29. The molecule has 5 nitrogen and oxygen atoms in total. The normalized spacial score (nSPS) is 22.3. The number of hydrogen-bond donors (Lipinski definition) is 3. The van der Waals surface area contributed by atoms with Crippen molar-refractivity contribution >= 4 is 23.2 Å². The van der Waals surface area contributed by atoms with Crippen LogP contribution < -0.4 is 10.6 Å². The highest BCUT2D eigenvalue weighted by atomic mass is 35.5. The number of aliphatic hydroxyl groups is 1. The van der Waals surface area contributed by atoms with Gasteiger partial charge in [-0.15, -0.1) is 0 Å². The van der Waals surface area contributed by atoms with E-state index in [1.165, 1.54) is 26.1 Å². The fourth-order valence-electron chi connectivity index (χ4n) is 2.74. The maximum Gasteiger partial charge on any atom is 0.255 e. The number of pyridine rings is 1. The highest BCUT2D eigenvalue weighted by molar-refractivity contribution is 6.29. The van der Waals surface area contributed by atoms with Crippen LogP contribution in [0, 0.1) is 0 Å². The van der Waals surface area contributed by atoms with E-state index < -0.39 is 23.9 Å². The molecule has 3 atom stereocenters. The van der Waals surface area contributed by atoms with Crippen LogP contribution in [0.5, 0.6) is 0 Å². The molecule has 2 rings (SSSR count). The van der Waals surface area contributed by atoms with Crippen LogP contribution in [0.2, 0.25) is 5.15 Å². The van der Waals surface area contributed by atoms with Gasteiger partial charge in [0.05, 0.1) is 23.4 Å². The molecule has 25 heavy (non-hydrogen) atoms. The molecule has 1 aromatic rings. The van der Waals surface area contributed by atoms with Crippen LogP contribution in [0.3, 0.4) is 0 Å². The van der Waals surface area contributed by atoms with E-state index in [0.717, 1.165) is 12.8 Å². The summed E-state index contributed by atoms with van der Waals surface area (Å²) in [5, 5.41) is 15.4. The van der Waals surface area contributed by atoms with Crippen LogP contribution >= 0.6 is 11.6 Å².